The minimum absolute atomic E-state index is 0.0844. The molecule has 1 aromatic carbocycles. The zero-order valence-corrected chi connectivity index (χ0v) is 12.5. The highest BCUT2D eigenvalue weighted by Gasteiger charge is 2.21. The molecule has 0 saturated carbocycles. The Kier molecular flexibility index (Phi) is 4.83. The fourth-order valence-electron chi connectivity index (χ4n) is 2.43. The van der Waals surface area contributed by atoms with Crippen LogP contribution in [0, 0.1) is 12.8 Å². The summed E-state index contributed by atoms with van der Waals surface area (Å²) in [6, 6.07) is 4.92. The number of carboxylic acid groups (broad SMARTS) is 1. The summed E-state index contributed by atoms with van der Waals surface area (Å²) in [5.74, 6) is -0.232. The number of aryl methyl sites for hydroxylation is 1. The van der Waals surface area contributed by atoms with Gasteiger partial charge in [-0.15, -0.1) is 0 Å². The Morgan fingerprint density at radius 2 is 2.00 bits per heavy atom. The van der Waals surface area contributed by atoms with E-state index in [0.717, 1.165) is 31.5 Å². The van der Waals surface area contributed by atoms with E-state index in [-0.39, 0.29) is 23.8 Å². The van der Waals surface area contributed by atoms with Crippen LogP contribution in [-0.4, -0.2) is 41.6 Å². The van der Waals surface area contributed by atoms with Crippen LogP contribution in [0.3, 0.4) is 0 Å². The van der Waals surface area contributed by atoms with E-state index in [0.29, 0.717) is 5.92 Å². The predicted molar refractivity (Wildman–Crippen MR) is 78.6 cm³/mol. The van der Waals surface area contributed by atoms with Crippen molar-refractivity contribution < 1.29 is 19.4 Å². The monoisotopic (exact) mass is 291 g/mol. The molecule has 5 nitrogen and oxygen atoms in total. The number of aromatic carboxylic acids is 1. The maximum absolute atomic E-state index is 12.1. The lowest BCUT2D eigenvalue weighted by molar-refractivity contribution is -0.134. The van der Waals surface area contributed by atoms with Gasteiger partial charge in [-0.3, -0.25) is 4.79 Å². The zero-order valence-electron chi connectivity index (χ0n) is 12.5. The summed E-state index contributed by atoms with van der Waals surface area (Å²) in [4.78, 5) is 25.0. The SMILES string of the molecule is Cc1ccc(OCC(=O)N2CCC(C)CC2)c(C(=O)O)c1. The molecule has 0 spiro atoms. The topological polar surface area (TPSA) is 66.8 Å². The molecule has 21 heavy (non-hydrogen) atoms. The first kappa shape index (κ1) is 15.4. The number of hydrogen-bond acceptors (Lipinski definition) is 3. The molecule has 0 radical (unpaired) electrons. The van der Waals surface area contributed by atoms with Crippen LogP contribution in [0.2, 0.25) is 0 Å². The molecule has 0 atom stereocenters. The molecule has 1 amide bonds. The highest BCUT2D eigenvalue weighted by molar-refractivity contribution is 5.91. The molecule has 2 rings (SSSR count). The molecule has 0 unspecified atom stereocenters. The number of amides is 1. The van der Waals surface area contributed by atoms with Crippen LogP contribution < -0.4 is 4.74 Å². The highest BCUT2D eigenvalue weighted by Crippen LogP contribution is 2.21. The van der Waals surface area contributed by atoms with Crippen LogP contribution in [0.4, 0.5) is 0 Å². The molecular formula is C16H21NO4. The second kappa shape index (κ2) is 6.61. The molecule has 1 fully saturated rings. The number of carbonyl (C=O) groups is 2. The van der Waals surface area contributed by atoms with Gasteiger partial charge in [0.2, 0.25) is 0 Å². The molecular weight excluding hydrogens is 270 g/mol. The van der Waals surface area contributed by atoms with Gasteiger partial charge in [-0.2, -0.15) is 0 Å². The minimum atomic E-state index is -1.05. The third-order valence-corrected chi connectivity index (χ3v) is 3.85. The van der Waals surface area contributed by atoms with Crippen LogP contribution in [0.25, 0.3) is 0 Å². The van der Waals surface area contributed by atoms with Crippen LogP contribution >= 0.6 is 0 Å². The Hall–Kier alpha value is -2.04. The van der Waals surface area contributed by atoms with Crippen molar-refractivity contribution >= 4 is 11.9 Å². The van der Waals surface area contributed by atoms with E-state index < -0.39 is 5.97 Å². The van der Waals surface area contributed by atoms with E-state index in [1.807, 2.05) is 6.92 Å². The molecule has 5 heteroatoms. The van der Waals surface area contributed by atoms with Gasteiger partial charge in [0.15, 0.2) is 6.61 Å². The largest absolute Gasteiger partial charge is 0.483 e. The molecule has 1 aliphatic rings. The Morgan fingerprint density at radius 1 is 1.33 bits per heavy atom. The first-order valence-electron chi connectivity index (χ1n) is 7.22. The molecule has 1 aliphatic heterocycles. The molecule has 0 aliphatic carbocycles. The van der Waals surface area contributed by atoms with Gasteiger partial charge < -0.3 is 14.7 Å². The second-order valence-corrected chi connectivity index (χ2v) is 5.66. The number of carboxylic acids is 1. The first-order chi connectivity index (χ1) is 9.97. The summed E-state index contributed by atoms with van der Waals surface area (Å²) in [7, 11) is 0. The fraction of sp³-hybridized carbons (Fsp3) is 0.500. The highest BCUT2D eigenvalue weighted by atomic mass is 16.5. The van der Waals surface area contributed by atoms with E-state index >= 15 is 0 Å². The van der Waals surface area contributed by atoms with Gasteiger partial charge in [-0.1, -0.05) is 18.6 Å². The van der Waals surface area contributed by atoms with Crippen molar-refractivity contribution in [3.63, 3.8) is 0 Å². The quantitative estimate of drug-likeness (QED) is 0.924. The third-order valence-electron chi connectivity index (χ3n) is 3.85. The van der Waals surface area contributed by atoms with Crippen molar-refractivity contribution in [3.8, 4) is 5.75 Å². The summed E-state index contributed by atoms with van der Waals surface area (Å²) >= 11 is 0. The van der Waals surface area contributed by atoms with E-state index in [1.165, 1.54) is 0 Å². The van der Waals surface area contributed by atoms with Crippen LogP contribution in [0.1, 0.15) is 35.7 Å². The third kappa shape index (κ3) is 3.97. The molecule has 1 saturated heterocycles. The summed E-state index contributed by atoms with van der Waals surface area (Å²) in [5, 5.41) is 9.16. The van der Waals surface area contributed by atoms with Gasteiger partial charge in [0, 0.05) is 13.1 Å². The Labute approximate surface area is 124 Å². The summed E-state index contributed by atoms with van der Waals surface area (Å²) in [6.45, 7) is 5.39. The van der Waals surface area contributed by atoms with E-state index in [9.17, 15) is 9.59 Å². The van der Waals surface area contributed by atoms with Crippen molar-refractivity contribution in [2.24, 2.45) is 5.92 Å². The molecule has 1 N–H and O–H groups in total. The molecule has 0 aromatic heterocycles. The van der Waals surface area contributed by atoms with Gasteiger partial charge in [0.25, 0.3) is 5.91 Å². The lowest BCUT2D eigenvalue weighted by atomic mass is 9.99. The van der Waals surface area contributed by atoms with Crippen LogP contribution in [-0.2, 0) is 4.79 Å². The Morgan fingerprint density at radius 3 is 2.62 bits per heavy atom. The minimum Gasteiger partial charge on any atom is -0.483 e. The van der Waals surface area contributed by atoms with Crippen molar-refractivity contribution in [2.75, 3.05) is 19.7 Å². The zero-order chi connectivity index (χ0) is 15.4. The van der Waals surface area contributed by atoms with Crippen LogP contribution in [0.5, 0.6) is 5.75 Å². The number of nitrogens with zero attached hydrogens (tertiary/aromatic N) is 1. The van der Waals surface area contributed by atoms with Crippen molar-refractivity contribution in [3.05, 3.63) is 29.3 Å². The summed E-state index contributed by atoms with van der Waals surface area (Å²) in [5.41, 5.74) is 0.936. The van der Waals surface area contributed by atoms with Gasteiger partial charge >= 0.3 is 5.97 Å². The summed E-state index contributed by atoms with van der Waals surface area (Å²) in [6.07, 6.45) is 2.02. The fourth-order valence-corrected chi connectivity index (χ4v) is 2.43. The standard InChI is InChI=1S/C16H21NO4/c1-11-5-7-17(8-6-11)15(18)10-21-14-4-3-12(2)9-13(14)16(19)20/h3-4,9,11H,5-8,10H2,1-2H3,(H,19,20). The average Bonchev–Trinajstić information content (AvgIpc) is 2.46. The predicted octanol–water partition coefficient (Wildman–Crippen LogP) is 2.33. The lowest BCUT2D eigenvalue weighted by Gasteiger charge is -2.30. The number of hydrogen-bond donors (Lipinski definition) is 1. The summed E-state index contributed by atoms with van der Waals surface area (Å²) < 4.78 is 5.42. The number of piperidine rings is 1. The van der Waals surface area contributed by atoms with E-state index in [4.69, 9.17) is 9.84 Å². The normalized spacial score (nSPS) is 15.8. The Bertz CT molecular complexity index is 533. The van der Waals surface area contributed by atoms with Crippen molar-refractivity contribution in [1.82, 2.24) is 4.90 Å². The van der Waals surface area contributed by atoms with Gasteiger partial charge in [0.05, 0.1) is 0 Å². The molecule has 1 heterocycles. The number of rotatable bonds is 4. The van der Waals surface area contributed by atoms with Crippen molar-refractivity contribution in [1.29, 1.82) is 0 Å². The maximum atomic E-state index is 12.1. The molecule has 114 valence electrons. The van der Waals surface area contributed by atoms with Gasteiger partial charge in [-0.25, -0.2) is 4.79 Å². The smallest absolute Gasteiger partial charge is 0.339 e. The number of carbonyl (C=O) groups excluding carboxylic acids is 1. The number of benzene rings is 1. The number of likely N-dealkylation sites (tertiary alicyclic amines) is 1. The first-order valence-corrected chi connectivity index (χ1v) is 7.22. The van der Waals surface area contributed by atoms with Gasteiger partial charge in [0.1, 0.15) is 11.3 Å². The van der Waals surface area contributed by atoms with Crippen LogP contribution in [0.15, 0.2) is 18.2 Å². The van der Waals surface area contributed by atoms with Gasteiger partial charge in [-0.05, 0) is 37.8 Å². The van der Waals surface area contributed by atoms with E-state index in [2.05, 4.69) is 6.92 Å². The second-order valence-electron chi connectivity index (χ2n) is 5.66. The average molecular weight is 291 g/mol. The molecule has 1 aromatic rings. The van der Waals surface area contributed by atoms with E-state index in [1.54, 1.807) is 23.1 Å². The lowest BCUT2D eigenvalue weighted by Crippen LogP contribution is -2.40. The van der Waals surface area contributed by atoms with Crippen molar-refractivity contribution in [2.45, 2.75) is 26.7 Å². The molecule has 0 bridgehead atoms. The number of ether oxygens (including phenoxy) is 1. The maximum Gasteiger partial charge on any atom is 0.339 e. The Balaban J connectivity index is 1.96.